The van der Waals surface area contributed by atoms with Crippen LogP contribution < -0.4 is 16.0 Å². The SMILES string of the molecule is O=C1CNC(C(=O)Nc2cc(Cl)ccc2Br)CN1. The molecule has 1 unspecified atom stereocenters. The predicted molar refractivity (Wildman–Crippen MR) is 72.6 cm³/mol. The molecule has 1 atom stereocenters. The summed E-state index contributed by atoms with van der Waals surface area (Å²) in [6.45, 7) is 0.428. The summed E-state index contributed by atoms with van der Waals surface area (Å²) in [5.41, 5.74) is 0.603. The van der Waals surface area contributed by atoms with Crippen molar-refractivity contribution in [2.24, 2.45) is 0 Å². The van der Waals surface area contributed by atoms with Crippen LogP contribution in [0.25, 0.3) is 0 Å². The van der Waals surface area contributed by atoms with Gasteiger partial charge in [-0.05, 0) is 34.1 Å². The van der Waals surface area contributed by atoms with E-state index < -0.39 is 6.04 Å². The van der Waals surface area contributed by atoms with Crippen molar-refractivity contribution in [3.05, 3.63) is 27.7 Å². The highest BCUT2D eigenvalue weighted by Crippen LogP contribution is 2.25. The van der Waals surface area contributed by atoms with Crippen molar-refractivity contribution in [3.63, 3.8) is 0 Å². The van der Waals surface area contributed by atoms with Gasteiger partial charge < -0.3 is 10.6 Å². The smallest absolute Gasteiger partial charge is 0.243 e. The molecular formula is C11H11BrClN3O2. The first-order valence-electron chi connectivity index (χ1n) is 5.32. The van der Waals surface area contributed by atoms with Crippen LogP contribution in [0.1, 0.15) is 0 Å². The molecule has 2 rings (SSSR count). The molecule has 1 aliphatic rings. The van der Waals surface area contributed by atoms with Crippen molar-refractivity contribution in [1.29, 1.82) is 0 Å². The summed E-state index contributed by atoms with van der Waals surface area (Å²) in [5.74, 6) is -0.319. The van der Waals surface area contributed by atoms with Crippen LogP contribution in [-0.4, -0.2) is 30.9 Å². The average molecular weight is 333 g/mol. The van der Waals surface area contributed by atoms with E-state index in [1.807, 2.05) is 0 Å². The lowest BCUT2D eigenvalue weighted by molar-refractivity contribution is -0.124. The fraction of sp³-hybridized carbons (Fsp3) is 0.273. The third-order valence-electron chi connectivity index (χ3n) is 2.52. The Hall–Kier alpha value is -1.11. The van der Waals surface area contributed by atoms with E-state index in [4.69, 9.17) is 11.6 Å². The van der Waals surface area contributed by atoms with E-state index >= 15 is 0 Å². The normalized spacial score (nSPS) is 19.2. The van der Waals surface area contributed by atoms with Gasteiger partial charge in [0.05, 0.1) is 12.2 Å². The second-order valence-electron chi connectivity index (χ2n) is 3.85. The van der Waals surface area contributed by atoms with Gasteiger partial charge >= 0.3 is 0 Å². The number of hydrogen-bond donors (Lipinski definition) is 3. The largest absolute Gasteiger partial charge is 0.353 e. The van der Waals surface area contributed by atoms with Gasteiger partial charge in [0.25, 0.3) is 0 Å². The van der Waals surface area contributed by atoms with Crippen molar-refractivity contribution < 1.29 is 9.59 Å². The molecular weight excluding hydrogens is 321 g/mol. The van der Waals surface area contributed by atoms with E-state index in [1.165, 1.54) is 0 Å². The first-order chi connectivity index (χ1) is 8.56. The topological polar surface area (TPSA) is 70.2 Å². The molecule has 0 radical (unpaired) electrons. The van der Waals surface area contributed by atoms with Crippen molar-refractivity contribution in [1.82, 2.24) is 10.6 Å². The molecule has 1 aliphatic heterocycles. The summed E-state index contributed by atoms with van der Waals surface area (Å²) in [4.78, 5) is 22.9. The van der Waals surface area contributed by atoms with E-state index in [-0.39, 0.29) is 24.9 Å². The minimum atomic E-state index is -0.436. The number of anilines is 1. The fourth-order valence-electron chi connectivity index (χ4n) is 1.56. The quantitative estimate of drug-likeness (QED) is 0.760. The number of amides is 2. The molecule has 3 N–H and O–H groups in total. The van der Waals surface area contributed by atoms with Crippen molar-refractivity contribution in [2.45, 2.75) is 6.04 Å². The van der Waals surface area contributed by atoms with Gasteiger partial charge in [-0.15, -0.1) is 0 Å². The number of hydrogen-bond acceptors (Lipinski definition) is 3. The number of halogens is 2. The number of carbonyl (C=O) groups is 2. The van der Waals surface area contributed by atoms with Crippen LogP contribution in [0.3, 0.4) is 0 Å². The molecule has 0 aromatic heterocycles. The molecule has 0 bridgehead atoms. The minimum Gasteiger partial charge on any atom is -0.353 e. The lowest BCUT2D eigenvalue weighted by Gasteiger charge is -2.23. The highest BCUT2D eigenvalue weighted by molar-refractivity contribution is 9.10. The molecule has 18 heavy (non-hydrogen) atoms. The standard InChI is InChI=1S/C11H11BrClN3O2/c12-7-2-1-6(13)3-8(7)16-11(18)9-4-15-10(17)5-14-9/h1-3,9,14H,4-5H2,(H,15,17)(H,16,18). The lowest BCUT2D eigenvalue weighted by Crippen LogP contribution is -2.56. The zero-order valence-corrected chi connectivity index (χ0v) is 11.6. The van der Waals surface area contributed by atoms with Gasteiger partial charge in [-0.1, -0.05) is 11.6 Å². The maximum absolute atomic E-state index is 11.9. The Bertz CT molecular complexity index is 485. The monoisotopic (exact) mass is 331 g/mol. The highest BCUT2D eigenvalue weighted by Gasteiger charge is 2.24. The molecule has 1 aromatic carbocycles. The number of piperazine rings is 1. The van der Waals surface area contributed by atoms with Crippen LogP contribution in [0.15, 0.2) is 22.7 Å². The Morgan fingerprint density at radius 2 is 2.28 bits per heavy atom. The first kappa shape index (κ1) is 13.3. The van der Waals surface area contributed by atoms with E-state index in [0.29, 0.717) is 10.7 Å². The molecule has 1 heterocycles. The molecule has 2 amide bonds. The van der Waals surface area contributed by atoms with Crippen LogP contribution in [0.4, 0.5) is 5.69 Å². The minimum absolute atomic E-state index is 0.108. The lowest BCUT2D eigenvalue weighted by atomic mass is 10.2. The summed E-state index contributed by atoms with van der Waals surface area (Å²) in [5, 5.41) is 8.77. The van der Waals surface area contributed by atoms with Gasteiger partial charge in [-0.25, -0.2) is 0 Å². The van der Waals surface area contributed by atoms with Crippen LogP contribution in [0.5, 0.6) is 0 Å². The number of rotatable bonds is 2. The van der Waals surface area contributed by atoms with E-state index in [9.17, 15) is 9.59 Å². The predicted octanol–water partition coefficient (Wildman–Crippen LogP) is 1.13. The molecule has 0 spiro atoms. The fourth-order valence-corrected chi connectivity index (χ4v) is 2.08. The molecule has 1 fully saturated rings. The third-order valence-corrected chi connectivity index (χ3v) is 3.44. The number of carbonyl (C=O) groups excluding carboxylic acids is 2. The zero-order chi connectivity index (χ0) is 13.1. The Morgan fingerprint density at radius 1 is 1.50 bits per heavy atom. The first-order valence-corrected chi connectivity index (χ1v) is 6.49. The third kappa shape index (κ3) is 3.22. The zero-order valence-electron chi connectivity index (χ0n) is 9.30. The molecule has 5 nitrogen and oxygen atoms in total. The highest BCUT2D eigenvalue weighted by atomic mass is 79.9. The summed E-state index contributed by atoms with van der Waals surface area (Å²) in [7, 11) is 0. The summed E-state index contributed by atoms with van der Waals surface area (Å²) in [6, 6.07) is 4.70. The van der Waals surface area contributed by atoms with Crippen LogP contribution >= 0.6 is 27.5 Å². The Kier molecular flexibility index (Phi) is 4.21. The summed E-state index contributed by atoms with van der Waals surface area (Å²) >= 11 is 9.19. The number of benzene rings is 1. The average Bonchev–Trinajstić information content (AvgIpc) is 2.34. The second-order valence-corrected chi connectivity index (χ2v) is 5.14. The molecule has 0 saturated carbocycles. The molecule has 0 aliphatic carbocycles. The van der Waals surface area contributed by atoms with E-state index in [0.717, 1.165) is 4.47 Å². The van der Waals surface area contributed by atoms with E-state index in [1.54, 1.807) is 18.2 Å². The van der Waals surface area contributed by atoms with Gasteiger partial charge in [-0.3, -0.25) is 14.9 Å². The molecule has 96 valence electrons. The number of nitrogens with one attached hydrogen (secondary N) is 3. The Balaban J connectivity index is 2.02. The van der Waals surface area contributed by atoms with Crippen molar-refractivity contribution in [3.8, 4) is 0 Å². The van der Waals surface area contributed by atoms with E-state index in [2.05, 4.69) is 31.9 Å². The Morgan fingerprint density at radius 3 is 2.94 bits per heavy atom. The van der Waals surface area contributed by atoms with Crippen molar-refractivity contribution >= 4 is 45.0 Å². The molecule has 1 saturated heterocycles. The van der Waals surface area contributed by atoms with Gasteiger partial charge in [0.15, 0.2) is 0 Å². The Labute approximate surface area is 117 Å². The maximum Gasteiger partial charge on any atom is 0.243 e. The maximum atomic E-state index is 11.9. The van der Waals surface area contributed by atoms with Crippen LogP contribution in [-0.2, 0) is 9.59 Å². The summed E-state index contributed by atoms with van der Waals surface area (Å²) in [6.07, 6.45) is 0. The van der Waals surface area contributed by atoms with Gasteiger partial charge in [0.2, 0.25) is 11.8 Å². The summed E-state index contributed by atoms with van der Waals surface area (Å²) < 4.78 is 0.750. The van der Waals surface area contributed by atoms with Crippen molar-refractivity contribution in [2.75, 3.05) is 18.4 Å². The van der Waals surface area contributed by atoms with Crippen LogP contribution in [0, 0.1) is 0 Å². The van der Waals surface area contributed by atoms with Crippen LogP contribution in [0.2, 0.25) is 5.02 Å². The molecule has 7 heteroatoms. The van der Waals surface area contributed by atoms with Gasteiger partial charge in [-0.2, -0.15) is 0 Å². The second kappa shape index (κ2) is 5.69. The van der Waals surface area contributed by atoms with Gasteiger partial charge in [0.1, 0.15) is 6.04 Å². The van der Waals surface area contributed by atoms with Gasteiger partial charge in [0, 0.05) is 16.0 Å². The molecule has 1 aromatic rings.